The molecule has 0 radical (unpaired) electrons. The Balaban J connectivity index is 1.72. The van der Waals surface area contributed by atoms with Gasteiger partial charge >= 0.3 is 6.61 Å². The summed E-state index contributed by atoms with van der Waals surface area (Å²) in [6.45, 7) is -0.948. The molecule has 0 fully saturated rings. The van der Waals surface area contributed by atoms with Crippen LogP contribution in [0.2, 0.25) is 0 Å². The summed E-state index contributed by atoms with van der Waals surface area (Å²) in [4.78, 5) is 23.0. The fraction of sp³-hybridized carbons (Fsp3) is 0.333. The largest absolute Gasteiger partial charge is 0.493 e. The summed E-state index contributed by atoms with van der Waals surface area (Å²) in [5, 5.41) is 4.36. The molecule has 0 spiro atoms. The third kappa shape index (κ3) is 5.53. The summed E-state index contributed by atoms with van der Waals surface area (Å²) in [5.41, 5.74) is 1.03. The van der Waals surface area contributed by atoms with E-state index in [4.69, 9.17) is 9.26 Å². The second-order valence-electron chi connectivity index (χ2n) is 5.84. The monoisotopic (exact) mass is 424 g/mol. The zero-order valence-electron chi connectivity index (χ0n) is 15.6. The van der Waals surface area contributed by atoms with Crippen molar-refractivity contribution >= 4 is 11.8 Å². The lowest BCUT2D eigenvalue weighted by atomic mass is 10.2. The highest BCUT2D eigenvalue weighted by molar-refractivity contribution is 7.98. The van der Waals surface area contributed by atoms with Crippen molar-refractivity contribution in [2.75, 3.05) is 7.11 Å². The van der Waals surface area contributed by atoms with E-state index < -0.39 is 6.61 Å². The molecule has 8 nitrogen and oxygen atoms in total. The van der Waals surface area contributed by atoms with Gasteiger partial charge in [0.1, 0.15) is 0 Å². The summed E-state index contributed by atoms with van der Waals surface area (Å²) >= 11 is 1.26. The van der Waals surface area contributed by atoms with Crippen LogP contribution in [0.3, 0.4) is 0 Å². The first-order valence-electron chi connectivity index (χ1n) is 8.67. The predicted octanol–water partition coefficient (Wildman–Crippen LogP) is 3.67. The van der Waals surface area contributed by atoms with E-state index in [0.29, 0.717) is 22.4 Å². The van der Waals surface area contributed by atoms with Gasteiger partial charge in [-0.2, -0.15) is 13.8 Å². The van der Waals surface area contributed by atoms with Gasteiger partial charge in [0.05, 0.1) is 12.9 Å². The van der Waals surface area contributed by atoms with Gasteiger partial charge in [-0.3, -0.25) is 4.79 Å². The molecular weight excluding hydrogens is 406 g/mol. The second kappa shape index (κ2) is 9.50. The number of alkyl halides is 2. The smallest absolute Gasteiger partial charge is 0.387 e. The topological polar surface area (TPSA) is 103 Å². The van der Waals surface area contributed by atoms with Crippen LogP contribution in [0.5, 0.6) is 11.5 Å². The molecule has 3 rings (SSSR count). The number of aryl methyl sites for hydroxylation is 1. The van der Waals surface area contributed by atoms with E-state index in [-0.39, 0.29) is 22.9 Å². The van der Waals surface area contributed by atoms with Gasteiger partial charge in [-0.1, -0.05) is 30.3 Å². The normalized spacial score (nSPS) is 11.1. The van der Waals surface area contributed by atoms with Gasteiger partial charge in [0.15, 0.2) is 16.7 Å². The maximum atomic E-state index is 12.4. The number of benzene rings is 1. The minimum Gasteiger partial charge on any atom is -0.493 e. The van der Waals surface area contributed by atoms with E-state index in [2.05, 4.69) is 24.8 Å². The Morgan fingerprint density at radius 2 is 2.07 bits per heavy atom. The van der Waals surface area contributed by atoms with Crippen molar-refractivity contribution in [1.82, 2.24) is 20.1 Å². The van der Waals surface area contributed by atoms with Crippen molar-refractivity contribution in [1.29, 1.82) is 0 Å². The van der Waals surface area contributed by atoms with Gasteiger partial charge in [-0.25, -0.2) is 4.98 Å². The summed E-state index contributed by atoms with van der Waals surface area (Å²) in [6.07, 6.45) is 1.60. The molecule has 2 heterocycles. The standard InChI is InChI=1S/C18H18F2N4O4S/c1-3-4-11-8-14(25)22-18(21-11)29-9-15-23-16(24-28-15)10-5-6-12(27-17(19)20)13(7-10)26-2/h5-8,17H,3-4,9H2,1-2H3,(H,21,22,25). The Kier molecular flexibility index (Phi) is 6.81. The number of H-pyrrole nitrogens is 1. The van der Waals surface area contributed by atoms with Crippen molar-refractivity contribution < 1.29 is 22.8 Å². The van der Waals surface area contributed by atoms with Crippen molar-refractivity contribution in [3.8, 4) is 22.9 Å². The lowest BCUT2D eigenvalue weighted by molar-refractivity contribution is -0.0512. The van der Waals surface area contributed by atoms with Gasteiger partial charge in [0, 0.05) is 17.3 Å². The molecule has 11 heteroatoms. The van der Waals surface area contributed by atoms with E-state index in [1.165, 1.54) is 43.1 Å². The molecule has 0 atom stereocenters. The molecule has 0 saturated heterocycles. The number of aromatic amines is 1. The number of ether oxygens (including phenoxy) is 2. The number of hydrogen-bond donors (Lipinski definition) is 1. The molecule has 0 unspecified atom stereocenters. The molecule has 1 N–H and O–H groups in total. The highest BCUT2D eigenvalue weighted by atomic mass is 32.2. The van der Waals surface area contributed by atoms with Crippen LogP contribution in [0.15, 0.2) is 38.7 Å². The average molecular weight is 424 g/mol. The second-order valence-corrected chi connectivity index (χ2v) is 6.80. The summed E-state index contributed by atoms with van der Waals surface area (Å²) in [5.74, 6) is 0.921. The third-order valence-corrected chi connectivity index (χ3v) is 4.58. The molecule has 0 saturated carbocycles. The maximum absolute atomic E-state index is 12.4. The lowest BCUT2D eigenvalue weighted by Gasteiger charge is -2.10. The summed E-state index contributed by atoms with van der Waals surface area (Å²) in [7, 11) is 1.34. The fourth-order valence-electron chi connectivity index (χ4n) is 2.50. The van der Waals surface area contributed by atoms with Crippen LogP contribution in [0.4, 0.5) is 8.78 Å². The van der Waals surface area contributed by atoms with Crippen LogP contribution in [0.25, 0.3) is 11.4 Å². The van der Waals surface area contributed by atoms with E-state index >= 15 is 0 Å². The highest BCUT2D eigenvalue weighted by Gasteiger charge is 2.15. The molecular formula is C18H18F2N4O4S. The quantitative estimate of drug-likeness (QED) is 0.410. The van der Waals surface area contributed by atoms with Crippen LogP contribution in [0.1, 0.15) is 24.9 Å². The Morgan fingerprint density at radius 1 is 1.24 bits per heavy atom. The first kappa shape index (κ1) is 20.8. The molecule has 0 amide bonds. The Bertz CT molecular complexity index is 1030. The predicted molar refractivity (Wildman–Crippen MR) is 101 cm³/mol. The number of rotatable bonds is 9. The summed E-state index contributed by atoms with van der Waals surface area (Å²) in [6, 6.07) is 5.83. The van der Waals surface area contributed by atoms with Crippen molar-refractivity contribution in [2.24, 2.45) is 0 Å². The lowest BCUT2D eigenvalue weighted by Crippen LogP contribution is -2.09. The van der Waals surface area contributed by atoms with Crippen LogP contribution in [-0.2, 0) is 12.2 Å². The van der Waals surface area contributed by atoms with Crippen molar-refractivity contribution in [2.45, 2.75) is 37.3 Å². The number of aromatic nitrogens is 4. The molecule has 3 aromatic rings. The number of halogens is 2. The molecule has 1 aromatic carbocycles. The summed E-state index contributed by atoms with van der Waals surface area (Å²) < 4.78 is 39.6. The maximum Gasteiger partial charge on any atom is 0.387 e. The number of nitrogens with zero attached hydrogens (tertiary/aromatic N) is 3. The minimum atomic E-state index is -2.96. The number of nitrogens with one attached hydrogen (secondary N) is 1. The Morgan fingerprint density at radius 3 is 2.79 bits per heavy atom. The van der Waals surface area contributed by atoms with Crippen LogP contribution in [0, 0.1) is 0 Å². The van der Waals surface area contributed by atoms with Gasteiger partial charge in [-0.15, -0.1) is 0 Å². The zero-order valence-corrected chi connectivity index (χ0v) is 16.5. The fourth-order valence-corrected chi connectivity index (χ4v) is 3.23. The number of hydrogen-bond acceptors (Lipinski definition) is 8. The number of thioether (sulfide) groups is 1. The first-order valence-corrected chi connectivity index (χ1v) is 9.66. The SMILES string of the molecule is CCCc1cc(=O)[nH]c(SCc2nc(-c3ccc(OC(F)F)c(OC)c3)no2)n1. The van der Waals surface area contributed by atoms with Gasteiger partial charge in [0.25, 0.3) is 5.56 Å². The van der Waals surface area contributed by atoms with Crippen LogP contribution in [-0.4, -0.2) is 33.8 Å². The van der Waals surface area contributed by atoms with E-state index in [0.717, 1.165) is 18.5 Å². The third-order valence-electron chi connectivity index (χ3n) is 3.72. The molecule has 0 aliphatic heterocycles. The van der Waals surface area contributed by atoms with E-state index in [1.54, 1.807) is 0 Å². The minimum absolute atomic E-state index is 0.0903. The molecule has 0 aliphatic rings. The van der Waals surface area contributed by atoms with Gasteiger partial charge < -0.3 is 19.0 Å². The van der Waals surface area contributed by atoms with Crippen molar-refractivity contribution in [3.63, 3.8) is 0 Å². The van der Waals surface area contributed by atoms with Gasteiger partial charge in [0.2, 0.25) is 11.7 Å². The number of methoxy groups -OCH3 is 1. The van der Waals surface area contributed by atoms with Gasteiger partial charge in [-0.05, 0) is 24.6 Å². The Labute approximate surface area is 168 Å². The average Bonchev–Trinajstić information content (AvgIpc) is 3.15. The molecule has 29 heavy (non-hydrogen) atoms. The van der Waals surface area contributed by atoms with Crippen molar-refractivity contribution in [3.05, 3.63) is 46.2 Å². The molecule has 154 valence electrons. The first-order chi connectivity index (χ1) is 14.0. The molecule has 0 aliphatic carbocycles. The highest BCUT2D eigenvalue weighted by Crippen LogP contribution is 2.32. The zero-order chi connectivity index (χ0) is 20.8. The van der Waals surface area contributed by atoms with E-state index in [9.17, 15) is 13.6 Å². The Hall–Kier alpha value is -2.95. The molecule has 0 bridgehead atoms. The van der Waals surface area contributed by atoms with E-state index in [1.807, 2.05) is 6.92 Å². The van der Waals surface area contributed by atoms with Crippen LogP contribution < -0.4 is 15.0 Å². The molecule has 2 aromatic heterocycles. The van der Waals surface area contributed by atoms with Crippen LogP contribution >= 0.6 is 11.8 Å².